The standard InChI is InChI=1S/C15H17NO2S/c1-10-11-5-2-3-6-12(11)19-13(10)14(18)16-15(9-17)7-4-8-15/h2-3,5-6,17H,4,7-9H2,1H3,(H,16,18). The molecule has 2 aromatic rings. The molecule has 3 nitrogen and oxygen atoms in total. The SMILES string of the molecule is Cc1c(C(=O)NC2(CO)CCC2)sc2ccccc12. The Kier molecular flexibility index (Phi) is 3.07. The fourth-order valence-corrected chi connectivity index (χ4v) is 3.72. The molecule has 1 saturated carbocycles. The fourth-order valence-electron chi connectivity index (χ4n) is 2.61. The molecule has 100 valence electrons. The van der Waals surface area contributed by atoms with Crippen LogP contribution in [0.2, 0.25) is 0 Å². The van der Waals surface area contributed by atoms with Crippen molar-refractivity contribution in [1.82, 2.24) is 5.32 Å². The van der Waals surface area contributed by atoms with Crippen LogP contribution in [0.25, 0.3) is 10.1 Å². The van der Waals surface area contributed by atoms with Crippen molar-refractivity contribution in [1.29, 1.82) is 0 Å². The molecule has 1 aromatic carbocycles. The summed E-state index contributed by atoms with van der Waals surface area (Å²) in [5, 5.41) is 13.6. The molecule has 1 aromatic heterocycles. The van der Waals surface area contributed by atoms with E-state index in [1.54, 1.807) is 0 Å². The number of rotatable bonds is 3. The highest BCUT2D eigenvalue weighted by molar-refractivity contribution is 7.21. The van der Waals surface area contributed by atoms with E-state index in [9.17, 15) is 9.90 Å². The number of amides is 1. The van der Waals surface area contributed by atoms with E-state index in [0.717, 1.165) is 39.8 Å². The molecule has 0 bridgehead atoms. The Morgan fingerprint density at radius 3 is 2.74 bits per heavy atom. The Morgan fingerprint density at radius 2 is 2.16 bits per heavy atom. The summed E-state index contributed by atoms with van der Waals surface area (Å²) >= 11 is 1.52. The van der Waals surface area contributed by atoms with Crippen molar-refractivity contribution in [2.75, 3.05) is 6.61 Å². The van der Waals surface area contributed by atoms with Crippen LogP contribution in [-0.4, -0.2) is 23.2 Å². The number of fused-ring (bicyclic) bond motifs is 1. The van der Waals surface area contributed by atoms with Crippen LogP contribution in [0.1, 0.15) is 34.5 Å². The molecule has 19 heavy (non-hydrogen) atoms. The van der Waals surface area contributed by atoms with Gasteiger partial charge in [-0.2, -0.15) is 0 Å². The lowest BCUT2D eigenvalue weighted by Crippen LogP contribution is -2.56. The number of carbonyl (C=O) groups excluding carboxylic acids is 1. The lowest BCUT2D eigenvalue weighted by atomic mass is 9.77. The number of hydrogen-bond acceptors (Lipinski definition) is 3. The topological polar surface area (TPSA) is 49.3 Å². The largest absolute Gasteiger partial charge is 0.394 e. The van der Waals surface area contributed by atoms with Gasteiger partial charge in [-0.05, 0) is 43.2 Å². The maximum absolute atomic E-state index is 12.4. The smallest absolute Gasteiger partial charge is 0.262 e. The molecule has 0 atom stereocenters. The van der Waals surface area contributed by atoms with Crippen LogP contribution < -0.4 is 5.32 Å². The van der Waals surface area contributed by atoms with Gasteiger partial charge in [0.15, 0.2) is 0 Å². The van der Waals surface area contributed by atoms with Gasteiger partial charge >= 0.3 is 0 Å². The van der Waals surface area contributed by atoms with Gasteiger partial charge in [0, 0.05) is 4.70 Å². The normalized spacial score (nSPS) is 17.2. The highest BCUT2D eigenvalue weighted by Crippen LogP contribution is 2.34. The highest BCUT2D eigenvalue weighted by atomic mass is 32.1. The molecular formula is C15H17NO2S. The Morgan fingerprint density at radius 1 is 1.42 bits per heavy atom. The van der Waals surface area contributed by atoms with Crippen molar-refractivity contribution < 1.29 is 9.90 Å². The van der Waals surface area contributed by atoms with E-state index in [4.69, 9.17) is 0 Å². The molecule has 2 N–H and O–H groups in total. The number of nitrogens with one attached hydrogen (secondary N) is 1. The van der Waals surface area contributed by atoms with E-state index < -0.39 is 0 Å². The molecule has 0 spiro atoms. The first kappa shape index (κ1) is 12.6. The van der Waals surface area contributed by atoms with Crippen LogP contribution in [0.5, 0.6) is 0 Å². The molecule has 0 saturated heterocycles. The van der Waals surface area contributed by atoms with Crippen molar-refractivity contribution in [3.05, 3.63) is 34.7 Å². The van der Waals surface area contributed by atoms with Crippen LogP contribution in [0.15, 0.2) is 24.3 Å². The van der Waals surface area contributed by atoms with Crippen molar-refractivity contribution in [3.63, 3.8) is 0 Å². The van der Waals surface area contributed by atoms with Crippen LogP contribution in [0, 0.1) is 6.92 Å². The molecule has 1 aliphatic rings. The average Bonchev–Trinajstić information content (AvgIpc) is 2.72. The first-order chi connectivity index (χ1) is 9.15. The van der Waals surface area contributed by atoms with E-state index in [1.807, 2.05) is 31.2 Å². The molecular weight excluding hydrogens is 258 g/mol. The highest BCUT2D eigenvalue weighted by Gasteiger charge is 2.38. The number of carbonyl (C=O) groups is 1. The summed E-state index contributed by atoms with van der Waals surface area (Å²) in [6, 6.07) is 8.06. The van der Waals surface area contributed by atoms with E-state index in [0.29, 0.717) is 0 Å². The summed E-state index contributed by atoms with van der Waals surface area (Å²) in [7, 11) is 0. The number of hydrogen-bond donors (Lipinski definition) is 2. The van der Waals surface area contributed by atoms with Crippen LogP contribution in [0.3, 0.4) is 0 Å². The summed E-state index contributed by atoms with van der Waals surface area (Å²) in [5.41, 5.74) is 0.658. The van der Waals surface area contributed by atoms with Crippen molar-refractivity contribution in [3.8, 4) is 0 Å². The van der Waals surface area contributed by atoms with Crippen LogP contribution in [-0.2, 0) is 0 Å². The van der Waals surface area contributed by atoms with Gasteiger partial charge in [0.25, 0.3) is 5.91 Å². The molecule has 1 fully saturated rings. The minimum Gasteiger partial charge on any atom is -0.394 e. The number of thiophene rings is 1. The summed E-state index contributed by atoms with van der Waals surface area (Å²) in [6.45, 7) is 2.02. The Hall–Kier alpha value is -1.39. The third-order valence-corrected chi connectivity index (χ3v) is 5.31. The van der Waals surface area contributed by atoms with Gasteiger partial charge < -0.3 is 10.4 Å². The van der Waals surface area contributed by atoms with Gasteiger partial charge in [-0.25, -0.2) is 0 Å². The zero-order valence-corrected chi connectivity index (χ0v) is 11.7. The molecule has 0 radical (unpaired) electrons. The number of benzene rings is 1. The molecule has 1 aliphatic carbocycles. The lowest BCUT2D eigenvalue weighted by Gasteiger charge is -2.40. The van der Waals surface area contributed by atoms with Crippen molar-refractivity contribution in [2.24, 2.45) is 0 Å². The molecule has 1 amide bonds. The Bertz CT molecular complexity index is 623. The van der Waals surface area contributed by atoms with Gasteiger partial charge in [-0.15, -0.1) is 11.3 Å². The summed E-state index contributed by atoms with van der Waals surface area (Å²) in [5.74, 6) is -0.0487. The van der Waals surface area contributed by atoms with E-state index in [-0.39, 0.29) is 18.1 Å². The minimum atomic E-state index is -0.375. The quantitative estimate of drug-likeness (QED) is 0.905. The molecule has 0 unspecified atom stereocenters. The lowest BCUT2D eigenvalue weighted by molar-refractivity contribution is 0.0644. The summed E-state index contributed by atoms with van der Waals surface area (Å²) in [6.07, 6.45) is 2.82. The first-order valence-electron chi connectivity index (χ1n) is 6.57. The van der Waals surface area contributed by atoms with Gasteiger partial charge in [0.1, 0.15) is 0 Å². The van der Waals surface area contributed by atoms with Crippen LogP contribution in [0.4, 0.5) is 0 Å². The molecule has 4 heteroatoms. The maximum Gasteiger partial charge on any atom is 0.262 e. The van der Waals surface area contributed by atoms with E-state index >= 15 is 0 Å². The monoisotopic (exact) mass is 275 g/mol. The zero-order chi connectivity index (χ0) is 13.5. The molecule has 0 aliphatic heterocycles. The maximum atomic E-state index is 12.4. The summed E-state index contributed by atoms with van der Waals surface area (Å²) in [4.78, 5) is 13.2. The number of aliphatic hydroxyl groups is 1. The third-order valence-electron chi connectivity index (χ3n) is 4.04. The number of aryl methyl sites for hydroxylation is 1. The Balaban J connectivity index is 1.91. The van der Waals surface area contributed by atoms with Gasteiger partial charge in [0.05, 0.1) is 17.0 Å². The zero-order valence-electron chi connectivity index (χ0n) is 10.9. The van der Waals surface area contributed by atoms with Gasteiger partial charge in [-0.3, -0.25) is 4.79 Å². The average molecular weight is 275 g/mol. The first-order valence-corrected chi connectivity index (χ1v) is 7.38. The molecule has 3 rings (SSSR count). The van der Waals surface area contributed by atoms with Crippen LogP contribution >= 0.6 is 11.3 Å². The van der Waals surface area contributed by atoms with E-state index in [1.165, 1.54) is 11.3 Å². The number of aliphatic hydroxyl groups excluding tert-OH is 1. The third kappa shape index (κ3) is 2.05. The second kappa shape index (κ2) is 4.62. The minimum absolute atomic E-state index is 0.0304. The predicted octanol–water partition coefficient (Wildman–Crippen LogP) is 2.85. The van der Waals surface area contributed by atoms with Gasteiger partial charge in [0.2, 0.25) is 0 Å². The van der Waals surface area contributed by atoms with Gasteiger partial charge in [-0.1, -0.05) is 18.2 Å². The van der Waals surface area contributed by atoms with Crippen molar-refractivity contribution >= 4 is 27.3 Å². The second-order valence-corrected chi connectivity index (χ2v) is 6.35. The molecule has 1 heterocycles. The van der Waals surface area contributed by atoms with Crippen molar-refractivity contribution in [2.45, 2.75) is 31.7 Å². The van der Waals surface area contributed by atoms with E-state index in [2.05, 4.69) is 5.32 Å². The Labute approximate surface area is 116 Å². The predicted molar refractivity (Wildman–Crippen MR) is 77.7 cm³/mol. The fraction of sp³-hybridized carbons (Fsp3) is 0.400. The second-order valence-electron chi connectivity index (χ2n) is 5.30. The summed E-state index contributed by atoms with van der Waals surface area (Å²) < 4.78 is 1.14.